The minimum atomic E-state index is -0.321. The number of H-pyrrole nitrogens is 2. The van der Waals surface area contributed by atoms with E-state index in [2.05, 4.69) is 35.2 Å². The van der Waals surface area contributed by atoms with Crippen molar-refractivity contribution < 1.29 is 4.79 Å². The molecule has 5 nitrogen and oxygen atoms in total. The maximum atomic E-state index is 12.4. The lowest BCUT2D eigenvalue weighted by molar-refractivity contribution is 0.0949. The molecule has 0 saturated carbocycles. The Hall–Kier alpha value is -2.82. The Balaban J connectivity index is 1.54. The van der Waals surface area contributed by atoms with Crippen LogP contribution in [0.1, 0.15) is 44.9 Å². The summed E-state index contributed by atoms with van der Waals surface area (Å²) in [6, 6.07) is 7.85. The number of rotatable bonds is 3. The number of nitrogens with one attached hydrogen (secondary N) is 3. The Kier molecular flexibility index (Phi) is 3.71. The molecule has 0 radical (unpaired) electrons. The molecule has 2 heterocycles. The van der Waals surface area contributed by atoms with Gasteiger partial charge in [0, 0.05) is 28.8 Å². The van der Waals surface area contributed by atoms with Gasteiger partial charge in [-0.2, -0.15) is 0 Å². The first-order valence-electron chi connectivity index (χ1n) is 8.64. The Morgan fingerprint density at radius 2 is 2.00 bits per heavy atom. The van der Waals surface area contributed by atoms with Gasteiger partial charge in [-0.25, -0.2) is 0 Å². The molecule has 0 unspecified atom stereocenters. The first-order chi connectivity index (χ1) is 12.0. The summed E-state index contributed by atoms with van der Waals surface area (Å²) in [4.78, 5) is 30.8. The molecular formula is C20H21N3O2. The maximum Gasteiger partial charge on any atom is 0.261 e. The molecule has 3 aromatic rings. The van der Waals surface area contributed by atoms with Crippen molar-refractivity contribution in [1.29, 1.82) is 0 Å². The van der Waals surface area contributed by atoms with Crippen LogP contribution in [0, 0.1) is 13.8 Å². The molecule has 3 N–H and O–H groups in total. The second-order valence-corrected chi connectivity index (χ2v) is 6.81. The summed E-state index contributed by atoms with van der Waals surface area (Å²) in [5.74, 6) is -0.321. The summed E-state index contributed by atoms with van der Waals surface area (Å²) in [6.07, 6.45) is 2.85. The highest BCUT2D eigenvalue weighted by atomic mass is 16.2. The van der Waals surface area contributed by atoms with Crippen LogP contribution in [0.2, 0.25) is 0 Å². The predicted octanol–water partition coefficient (Wildman–Crippen LogP) is 2.89. The molecule has 0 bridgehead atoms. The Morgan fingerprint density at radius 1 is 1.16 bits per heavy atom. The van der Waals surface area contributed by atoms with Gasteiger partial charge < -0.3 is 15.3 Å². The molecule has 0 atom stereocenters. The molecule has 4 rings (SSSR count). The SMILES string of the molecule is Cc1[nH]c2ccc(CNC(=O)c3cc4c([nH]c3=O)CCC4)cc2c1C. The number of aryl methyl sites for hydroxylation is 4. The van der Waals surface area contributed by atoms with Gasteiger partial charge >= 0.3 is 0 Å². The molecule has 25 heavy (non-hydrogen) atoms. The van der Waals surface area contributed by atoms with E-state index in [9.17, 15) is 9.59 Å². The minimum absolute atomic E-state index is 0.204. The first-order valence-corrected chi connectivity index (χ1v) is 8.64. The molecule has 0 fully saturated rings. The molecule has 0 aliphatic heterocycles. The van der Waals surface area contributed by atoms with E-state index in [1.807, 2.05) is 12.1 Å². The standard InChI is InChI=1S/C20H21N3O2/c1-11-12(2)22-18-7-6-13(8-15(11)18)10-21-19(24)16-9-14-4-3-5-17(14)23-20(16)25/h6-9,22H,3-5,10H2,1-2H3,(H,21,24)(H,23,25). The zero-order chi connectivity index (χ0) is 17.6. The van der Waals surface area contributed by atoms with Crippen LogP contribution < -0.4 is 10.9 Å². The van der Waals surface area contributed by atoms with Crippen molar-refractivity contribution in [2.24, 2.45) is 0 Å². The number of pyridine rings is 1. The number of aromatic amines is 2. The molecular weight excluding hydrogens is 314 g/mol. The largest absolute Gasteiger partial charge is 0.358 e. The zero-order valence-corrected chi connectivity index (χ0v) is 14.5. The van der Waals surface area contributed by atoms with Gasteiger partial charge in [0.05, 0.1) is 0 Å². The van der Waals surface area contributed by atoms with Gasteiger partial charge in [0.25, 0.3) is 11.5 Å². The average Bonchev–Trinajstić information content (AvgIpc) is 3.16. The number of aromatic nitrogens is 2. The van der Waals surface area contributed by atoms with E-state index in [1.165, 1.54) is 10.9 Å². The molecule has 5 heteroatoms. The Labute approximate surface area is 145 Å². The van der Waals surface area contributed by atoms with E-state index >= 15 is 0 Å². The quantitative estimate of drug-likeness (QED) is 0.688. The summed E-state index contributed by atoms with van der Waals surface area (Å²) in [5, 5.41) is 4.04. The topological polar surface area (TPSA) is 77.8 Å². The fourth-order valence-corrected chi connectivity index (χ4v) is 3.58. The van der Waals surface area contributed by atoms with Gasteiger partial charge in [-0.1, -0.05) is 6.07 Å². The van der Waals surface area contributed by atoms with Crippen molar-refractivity contribution in [3.63, 3.8) is 0 Å². The van der Waals surface area contributed by atoms with Gasteiger partial charge in [0.15, 0.2) is 0 Å². The fraction of sp³-hybridized carbons (Fsp3) is 0.300. The summed E-state index contributed by atoms with van der Waals surface area (Å²) in [7, 11) is 0. The summed E-state index contributed by atoms with van der Waals surface area (Å²) in [6.45, 7) is 4.53. The van der Waals surface area contributed by atoms with Gasteiger partial charge in [-0.3, -0.25) is 9.59 Å². The van der Waals surface area contributed by atoms with Crippen LogP contribution in [0.15, 0.2) is 29.1 Å². The van der Waals surface area contributed by atoms with E-state index in [0.717, 1.165) is 47.3 Å². The maximum absolute atomic E-state index is 12.4. The Bertz CT molecular complexity index is 1040. The molecule has 2 aromatic heterocycles. The van der Waals surface area contributed by atoms with Crippen molar-refractivity contribution in [3.05, 3.63) is 68.3 Å². The smallest absolute Gasteiger partial charge is 0.261 e. The number of hydrogen-bond donors (Lipinski definition) is 3. The van der Waals surface area contributed by atoms with E-state index in [1.54, 1.807) is 6.07 Å². The van der Waals surface area contributed by atoms with Gasteiger partial charge in [0.2, 0.25) is 0 Å². The highest BCUT2D eigenvalue weighted by Gasteiger charge is 2.18. The van der Waals surface area contributed by atoms with Crippen molar-refractivity contribution in [1.82, 2.24) is 15.3 Å². The van der Waals surface area contributed by atoms with Crippen molar-refractivity contribution in [2.75, 3.05) is 0 Å². The van der Waals surface area contributed by atoms with Gasteiger partial charge in [-0.15, -0.1) is 0 Å². The summed E-state index contributed by atoms with van der Waals surface area (Å²) in [5.41, 5.74) is 6.45. The molecule has 1 aromatic carbocycles. The molecule has 0 spiro atoms. The van der Waals surface area contributed by atoms with Gasteiger partial charge in [-0.05, 0) is 68.0 Å². The second kappa shape index (κ2) is 5.92. The second-order valence-electron chi connectivity index (χ2n) is 6.81. The molecule has 1 aliphatic carbocycles. The normalized spacial score (nSPS) is 13.2. The van der Waals surface area contributed by atoms with Crippen LogP contribution in [-0.4, -0.2) is 15.9 Å². The molecule has 0 saturated heterocycles. The van der Waals surface area contributed by atoms with Crippen LogP contribution in [0.5, 0.6) is 0 Å². The van der Waals surface area contributed by atoms with E-state index in [0.29, 0.717) is 6.54 Å². The van der Waals surface area contributed by atoms with Crippen molar-refractivity contribution >= 4 is 16.8 Å². The number of hydrogen-bond acceptors (Lipinski definition) is 2. The number of fused-ring (bicyclic) bond motifs is 2. The third kappa shape index (κ3) is 2.76. The van der Waals surface area contributed by atoms with Crippen LogP contribution in [0.4, 0.5) is 0 Å². The molecule has 1 amide bonds. The van der Waals surface area contributed by atoms with Gasteiger partial charge in [0.1, 0.15) is 5.56 Å². The minimum Gasteiger partial charge on any atom is -0.358 e. The lowest BCUT2D eigenvalue weighted by Crippen LogP contribution is -2.29. The fourth-order valence-electron chi connectivity index (χ4n) is 3.58. The predicted molar refractivity (Wildman–Crippen MR) is 98.0 cm³/mol. The van der Waals surface area contributed by atoms with Crippen LogP contribution in [0.3, 0.4) is 0 Å². The van der Waals surface area contributed by atoms with E-state index in [-0.39, 0.29) is 17.0 Å². The zero-order valence-electron chi connectivity index (χ0n) is 14.5. The van der Waals surface area contributed by atoms with Crippen LogP contribution >= 0.6 is 0 Å². The number of amides is 1. The number of benzene rings is 1. The Morgan fingerprint density at radius 3 is 2.84 bits per heavy atom. The summed E-state index contributed by atoms with van der Waals surface area (Å²) < 4.78 is 0. The summed E-state index contributed by atoms with van der Waals surface area (Å²) >= 11 is 0. The highest BCUT2D eigenvalue weighted by Crippen LogP contribution is 2.22. The van der Waals surface area contributed by atoms with Crippen molar-refractivity contribution in [2.45, 2.75) is 39.7 Å². The monoisotopic (exact) mass is 335 g/mol. The third-order valence-electron chi connectivity index (χ3n) is 5.16. The number of carbonyl (C=O) groups is 1. The van der Waals surface area contributed by atoms with E-state index < -0.39 is 0 Å². The third-order valence-corrected chi connectivity index (χ3v) is 5.16. The molecule has 1 aliphatic rings. The van der Waals surface area contributed by atoms with Crippen LogP contribution in [-0.2, 0) is 19.4 Å². The number of carbonyl (C=O) groups excluding carboxylic acids is 1. The lowest BCUT2D eigenvalue weighted by atomic mass is 10.1. The van der Waals surface area contributed by atoms with Crippen LogP contribution in [0.25, 0.3) is 10.9 Å². The van der Waals surface area contributed by atoms with Crippen molar-refractivity contribution in [3.8, 4) is 0 Å². The molecule has 128 valence electrons. The lowest BCUT2D eigenvalue weighted by Gasteiger charge is -2.07. The van der Waals surface area contributed by atoms with E-state index in [4.69, 9.17) is 0 Å². The average molecular weight is 335 g/mol. The highest BCUT2D eigenvalue weighted by molar-refractivity contribution is 5.94. The first kappa shape index (κ1) is 15.7.